The second kappa shape index (κ2) is 3.36. The second-order valence-corrected chi connectivity index (χ2v) is 3.02. The van der Waals surface area contributed by atoms with E-state index < -0.39 is 6.09 Å². The van der Waals surface area contributed by atoms with Crippen LogP contribution in [-0.4, -0.2) is 40.7 Å². The van der Waals surface area contributed by atoms with E-state index in [2.05, 4.69) is 34.8 Å². The molecule has 0 N–H and O–H groups in total. The van der Waals surface area contributed by atoms with Crippen molar-refractivity contribution in [2.45, 2.75) is 0 Å². The molecule has 0 atom stereocenters. The van der Waals surface area contributed by atoms with Crippen molar-refractivity contribution in [3.8, 4) is 6.07 Å². The fourth-order valence-corrected chi connectivity index (χ4v) is 1.35. The molecule has 0 saturated carbocycles. The summed E-state index contributed by atoms with van der Waals surface area (Å²) < 4.78 is 13.2. The number of hydrogen-bond donors (Lipinski definition) is 0. The summed E-state index contributed by atoms with van der Waals surface area (Å²) in [6.07, 6.45) is -1.06. The maximum absolute atomic E-state index is 13.2. The monoisotopic (exact) mass is 241 g/mol. The van der Waals surface area contributed by atoms with Crippen LogP contribution in [0.3, 0.4) is 0 Å². The third kappa shape index (κ3) is 1.30. The number of hydrogen-bond acceptors (Lipinski definition) is 8. The number of amidine groups is 2. The van der Waals surface area contributed by atoms with Crippen LogP contribution >= 0.6 is 0 Å². The fourth-order valence-electron chi connectivity index (χ4n) is 1.35. The van der Waals surface area contributed by atoms with E-state index >= 15 is 0 Å². The Morgan fingerprint density at radius 2 is 1.78 bits per heavy atom. The van der Waals surface area contributed by atoms with E-state index in [9.17, 15) is 4.39 Å². The molecule has 3 heterocycles. The quantitative estimate of drug-likeness (QED) is 0.437. The zero-order valence-corrected chi connectivity index (χ0v) is 8.40. The largest absolute Gasteiger partial charge is 0.394 e. The average molecular weight is 241 g/mol. The van der Waals surface area contributed by atoms with E-state index in [0.29, 0.717) is 0 Å². The summed E-state index contributed by atoms with van der Waals surface area (Å²) in [7, 11) is 0. The Morgan fingerprint density at radius 1 is 1.06 bits per heavy atom. The van der Waals surface area contributed by atoms with Gasteiger partial charge in [0.25, 0.3) is 0 Å². The van der Waals surface area contributed by atoms with Crippen LogP contribution in [0, 0.1) is 17.9 Å². The van der Waals surface area contributed by atoms with Crippen LogP contribution in [0.4, 0.5) is 4.39 Å². The lowest BCUT2D eigenvalue weighted by Crippen LogP contribution is -2.47. The van der Waals surface area contributed by atoms with Crippen molar-refractivity contribution in [3.05, 3.63) is 11.4 Å². The highest BCUT2D eigenvalue weighted by atomic mass is 19.1. The summed E-state index contributed by atoms with van der Waals surface area (Å²) in [5.74, 6) is -0.804. The minimum atomic E-state index is -1.06. The van der Waals surface area contributed by atoms with Crippen molar-refractivity contribution < 1.29 is 4.39 Å². The molecule has 0 radical (unpaired) electrons. The first-order valence-corrected chi connectivity index (χ1v) is 4.46. The Hall–Kier alpha value is -3.27. The molecule has 0 unspecified atom stereocenters. The molecule has 0 aliphatic carbocycles. The predicted octanol–water partition coefficient (Wildman–Crippen LogP) is -0.0799. The molecule has 0 fully saturated rings. The number of halogens is 1. The lowest BCUT2D eigenvalue weighted by Gasteiger charge is -2.24. The van der Waals surface area contributed by atoms with E-state index in [0.717, 1.165) is 4.90 Å². The van der Waals surface area contributed by atoms with E-state index in [1.165, 1.54) is 0 Å². The van der Waals surface area contributed by atoms with E-state index in [1.807, 2.05) is 0 Å². The van der Waals surface area contributed by atoms with Gasteiger partial charge < -0.3 is 4.85 Å². The van der Waals surface area contributed by atoms with Crippen molar-refractivity contribution in [2.75, 3.05) is 0 Å². The molecule has 0 spiro atoms. The summed E-state index contributed by atoms with van der Waals surface area (Å²) in [5, 5.41) is 8.74. The first-order valence-electron chi connectivity index (χ1n) is 4.46. The molecule has 3 rings (SSSR count). The highest BCUT2D eigenvalue weighted by Crippen LogP contribution is 2.17. The molecule has 0 aromatic carbocycles. The standard InChI is InChI=1S/C8FN9/c1-11-5-16-7-13-3(2-10)12-6-14-4(9)15-8(17-5)18(6)7. The van der Waals surface area contributed by atoms with Gasteiger partial charge in [-0.05, 0) is 0 Å². The molecule has 3 aliphatic heterocycles. The van der Waals surface area contributed by atoms with Crippen LogP contribution in [-0.2, 0) is 0 Å². The lowest BCUT2D eigenvalue weighted by molar-refractivity contribution is 0.753. The van der Waals surface area contributed by atoms with Crippen molar-refractivity contribution in [3.63, 3.8) is 0 Å². The predicted molar refractivity (Wildman–Crippen MR) is 59.8 cm³/mol. The molecule has 10 heteroatoms. The minimum absolute atomic E-state index is 0.0347. The van der Waals surface area contributed by atoms with E-state index in [1.54, 1.807) is 6.07 Å². The molecule has 0 aromatic heterocycles. The van der Waals surface area contributed by atoms with Gasteiger partial charge in [0, 0.05) is 0 Å². The molecule has 0 aromatic rings. The molecule has 18 heavy (non-hydrogen) atoms. The lowest BCUT2D eigenvalue weighted by atomic mass is 10.5. The van der Waals surface area contributed by atoms with Crippen molar-refractivity contribution in [1.82, 2.24) is 4.90 Å². The summed E-state index contributed by atoms with van der Waals surface area (Å²) >= 11 is 0. The number of nitrogens with zero attached hydrogens (tertiary/aromatic N) is 9. The Labute approximate surface area is 98.6 Å². The van der Waals surface area contributed by atoms with E-state index in [4.69, 9.17) is 11.8 Å². The van der Waals surface area contributed by atoms with Gasteiger partial charge in [-0.1, -0.05) is 0 Å². The number of rotatable bonds is 0. The SMILES string of the molecule is [C-]#[N+]C1=NC2=NC(F)=NC3=NC(C#N)=NC(=N1)N23. The van der Waals surface area contributed by atoms with Crippen LogP contribution in [0.5, 0.6) is 0 Å². The third-order valence-corrected chi connectivity index (χ3v) is 2.00. The van der Waals surface area contributed by atoms with Crippen LogP contribution < -0.4 is 0 Å². The maximum atomic E-state index is 13.2. The van der Waals surface area contributed by atoms with Crippen LogP contribution in [0.2, 0.25) is 0 Å². The highest BCUT2D eigenvalue weighted by molar-refractivity contribution is 6.31. The first kappa shape index (κ1) is 9.92. The maximum Gasteiger partial charge on any atom is 0.378 e. The minimum Gasteiger partial charge on any atom is -0.394 e. The summed E-state index contributed by atoms with van der Waals surface area (Å²) in [5.41, 5.74) is 0. The first-order chi connectivity index (χ1) is 8.71. The highest BCUT2D eigenvalue weighted by Gasteiger charge is 2.38. The van der Waals surface area contributed by atoms with Crippen molar-refractivity contribution >= 4 is 35.8 Å². The Kier molecular flexibility index (Phi) is 1.85. The molecule has 84 valence electrons. The summed E-state index contributed by atoms with van der Waals surface area (Å²) in [6.45, 7) is 6.83. The number of guanidine groups is 4. The van der Waals surface area contributed by atoms with Crippen LogP contribution in [0.25, 0.3) is 4.85 Å². The van der Waals surface area contributed by atoms with E-state index in [-0.39, 0.29) is 29.7 Å². The van der Waals surface area contributed by atoms with Gasteiger partial charge in [0.1, 0.15) is 6.07 Å². The number of aliphatic imine (C=N–C) groups is 6. The summed E-state index contributed by atoms with van der Waals surface area (Å²) in [6, 6.07) is 1.69. The second-order valence-electron chi connectivity index (χ2n) is 3.02. The average Bonchev–Trinajstić information content (AvgIpc) is 2.37. The Balaban J connectivity index is 2.25. The number of nitriles is 1. The molecular formula is C8FN9. The third-order valence-electron chi connectivity index (χ3n) is 2.00. The molecular weight excluding hydrogens is 241 g/mol. The Bertz CT molecular complexity index is 707. The molecule has 0 saturated heterocycles. The topological polar surface area (TPSA) is 106 Å². The molecule has 3 aliphatic rings. The fraction of sp³-hybridized carbons (Fsp3) is 0. The molecule has 0 bridgehead atoms. The Morgan fingerprint density at radius 3 is 2.50 bits per heavy atom. The van der Waals surface area contributed by atoms with Crippen molar-refractivity contribution in [1.29, 1.82) is 5.26 Å². The van der Waals surface area contributed by atoms with Gasteiger partial charge in [0.2, 0.25) is 11.8 Å². The van der Waals surface area contributed by atoms with Gasteiger partial charge in [-0.3, -0.25) is 0 Å². The van der Waals surface area contributed by atoms with Gasteiger partial charge in [-0.2, -0.15) is 34.5 Å². The van der Waals surface area contributed by atoms with Crippen molar-refractivity contribution in [2.24, 2.45) is 30.0 Å². The zero-order chi connectivity index (χ0) is 12.7. The van der Waals surface area contributed by atoms with Gasteiger partial charge in [0.05, 0.1) is 0 Å². The van der Waals surface area contributed by atoms with Gasteiger partial charge in [-0.15, -0.1) is 16.6 Å². The molecule has 0 amide bonds. The normalized spacial score (nSPS) is 20.1. The van der Waals surface area contributed by atoms with Gasteiger partial charge >= 0.3 is 24.0 Å². The van der Waals surface area contributed by atoms with Crippen LogP contribution in [0.15, 0.2) is 30.0 Å². The smallest absolute Gasteiger partial charge is 0.378 e. The van der Waals surface area contributed by atoms with Gasteiger partial charge in [-0.25, -0.2) is 0 Å². The summed E-state index contributed by atoms with van der Waals surface area (Å²) in [4.78, 5) is 25.9. The van der Waals surface area contributed by atoms with Crippen LogP contribution in [0.1, 0.15) is 0 Å². The molecule has 9 nitrogen and oxygen atoms in total. The van der Waals surface area contributed by atoms with Gasteiger partial charge in [0.15, 0.2) is 0 Å². The zero-order valence-electron chi connectivity index (χ0n) is 8.40.